The van der Waals surface area contributed by atoms with Crippen LogP contribution in [0.3, 0.4) is 0 Å². The number of hydrogen-bond acceptors (Lipinski definition) is 4. The standard InChI is InChI=1S/C19H16BrClN2O3/c1-3-26-15-6-4-14(5-7-15)23-19(24)13(11-22)8-12-9-16(20)18(25-2)17(21)10-12/h4-10H,3H2,1-2H3,(H,23,24)/b13-8-. The van der Waals surface area contributed by atoms with Gasteiger partial charge in [0.25, 0.3) is 5.91 Å². The number of anilines is 1. The molecule has 0 aliphatic carbocycles. The van der Waals surface area contributed by atoms with E-state index >= 15 is 0 Å². The Kier molecular flexibility index (Phi) is 7.07. The highest BCUT2D eigenvalue weighted by atomic mass is 79.9. The minimum atomic E-state index is -0.514. The van der Waals surface area contributed by atoms with Crippen molar-refractivity contribution in [2.45, 2.75) is 6.92 Å². The Hall–Kier alpha value is -2.49. The molecular weight excluding hydrogens is 420 g/mol. The molecule has 2 aromatic carbocycles. The maximum absolute atomic E-state index is 12.3. The summed E-state index contributed by atoms with van der Waals surface area (Å²) in [7, 11) is 1.51. The van der Waals surface area contributed by atoms with E-state index in [2.05, 4.69) is 21.2 Å². The Morgan fingerprint density at radius 1 is 1.35 bits per heavy atom. The van der Waals surface area contributed by atoms with Crippen LogP contribution in [0.4, 0.5) is 5.69 Å². The first kappa shape index (κ1) is 19.8. The summed E-state index contributed by atoms with van der Waals surface area (Å²) in [6, 6.07) is 12.1. The second kappa shape index (κ2) is 9.27. The molecule has 5 nitrogen and oxygen atoms in total. The molecule has 0 aliphatic heterocycles. The summed E-state index contributed by atoms with van der Waals surface area (Å²) in [5.74, 6) is 0.681. The first-order chi connectivity index (χ1) is 12.5. The van der Waals surface area contributed by atoms with Crippen LogP contribution in [-0.2, 0) is 4.79 Å². The topological polar surface area (TPSA) is 71.3 Å². The molecule has 2 aromatic rings. The third-order valence-electron chi connectivity index (χ3n) is 3.32. The lowest BCUT2D eigenvalue weighted by atomic mass is 10.1. The van der Waals surface area contributed by atoms with E-state index in [-0.39, 0.29) is 5.57 Å². The van der Waals surface area contributed by atoms with Crippen LogP contribution in [0.25, 0.3) is 6.08 Å². The number of carbonyl (C=O) groups excluding carboxylic acids is 1. The Bertz CT molecular complexity index is 850. The molecule has 0 atom stereocenters. The molecule has 0 saturated heterocycles. The third-order valence-corrected chi connectivity index (χ3v) is 4.19. The minimum absolute atomic E-state index is 0.0491. The SMILES string of the molecule is CCOc1ccc(NC(=O)/C(C#N)=C\c2cc(Cl)c(OC)c(Br)c2)cc1. The molecule has 0 unspecified atom stereocenters. The van der Waals surface area contributed by atoms with Crippen molar-refractivity contribution in [2.75, 3.05) is 19.0 Å². The quantitative estimate of drug-likeness (QED) is 0.509. The van der Waals surface area contributed by atoms with Crippen LogP contribution in [0, 0.1) is 11.3 Å². The van der Waals surface area contributed by atoms with Gasteiger partial charge in [0.1, 0.15) is 17.4 Å². The number of amides is 1. The average molecular weight is 436 g/mol. The van der Waals surface area contributed by atoms with E-state index in [0.29, 0.717) is 38.9 Å². The van der Waals surface area contributed by atoms with Gasteiger partial charge in [-0.25, -0.2) is 0 Å². The minimum Gasteiger partial charge on any atom is -0.494 e. The van der Waals surface area contributed by atoms with Crippen molar-refractivity contribution in [3.05, 3.63) is 57.0 Å². The van der Waals surface area contributed by atoms with Gasteiger partial charge < -0.3 is 14.8 Å². The van der Waals surface area contributed by atoms with Crippen molar-refractivity contribution in [2.24, 2.45) is 0 Å². The van der Waals surface area contributed by atoms with Crippen LogP contribution < -0.4 is 14.8 Å². The normalized spacial score (nSPS) is 10.8. The van der Waals surface area contributed by atoms with E-state index < -0.39 is 5.91 Å². The summed E-state index contributed by atoms with van der Waals surface area (Å²) in [6.45, 7) is 2.45. The highest BCUT2D eigenvalue weighted by molar-refractivity contribution is 9.10. The molecule has 0 saturated carbocycles. The van der Waals surface area contributed by atoms with Crippen molar-refractivity contribution in [1.29, 1.82) is 5.26 Å². The van der Waals surface area contributed by atoms with Gasteiger partial charge in [0.15, 0.2) is 5.75 Å². The van der Waals surface area contributed by atoms with Gasteiger partial charge in [0.2, 0.25) is 0 Å². The predicted molar refractivity (Wildman–Crippen MR) is 106 cm³/mol. The molecule has 0 fully saturated rings. The van der Waals surface area contributed by atoms with E-state index in [1.165, 1.54) is 13.2 Å². The van der Waals surface area contributed by atoms with Crippen LogP contribution in [-0.4, -0.2) is 19.6 Å². The van der Waals surface area contributed by atoms with Gasteiger partial charge in [-0.3, -0.25) is 4.79 Å². The van der Waals surface area contributed by atoms with Crippen molar-refractivity contribution < 1.29 is 14.3 Å². The summed E-state index contributed by atoms with van der Waals surface area (Å²) in [5, 5.41) is 12.4. The maximum atomic E-state index is 12.3. The first-order valence-electron chi connectivity index (χ1n) is 7.67. The summed E-state index contributed by atoms with van der Waals surface area (Å²) in [6.07, 6.45) is 1.46. The highest BCUT2D eigenvalue weighted by Crippen LogP contribution is 2.34. The number of benzene rings is 2. The smallest absolute Gasteiger partial charge is 0.266 e. The van der Waals surface area contributed by atoms with Crippen molar-refractivity contribution in [3.63, 3.8) is 0 Å². The van der Waals surface area contributed by atoms with E-state index in [4.69, 9.17) is 21.1 Å². The number of halogens is 2. The van der Waals surface area contributed by atoms with Crippen molar-refractivity contribution in [1.82, 2.24) is 0 Å². The Morgan fingerprint density at radius 2 is 2.04 bits per heavy atom. The zero-order valence-corrected chi connectivity index (χ0v) is 16.5. The van der Waals surface area contributed by atoms with E-state index in [9.17, 15) is 10.1 Å². The highest BCUT2D eigenvalue weighted by Gasteiger charge is 2.12. The van der Waals surface area contributed by atoms with Crippen LogP contribution in [0.5, 0.6) is 11.5 Å². The number of nitriles is 1. The number of carbonyl (C=O) groups is 1. The van der Waals surface area contributed by atoms with Crippen molar-refractivity contribution >= 4 is 45.2 Å². The summed E-state index contributed by atoms with van der Waals surface area (Å²) >= 11 is 9.48. The third kappa shape index (κ3) is 5.01. The van der Waals surface area contributed by atoms with Gasteiger partial charge in [0.05, 0.1) is 23.2 Å². The summed E-state index contributed by atoms with van der Waals surface area (Å²) in [4.78, 5) is 12.3. The van der Waals surface area contributed by atoms with E-state index in [1.54, 1.807) is 36.4 Å². The van der Waals surface area contributed by atoms with Gasteiger partial charge in [0, 0.05) is 5.69 Å². The molecule has 0 aliphatic rings. The van der Waals surface area contributed by atoms with Gasteiger partial charge in [-0.15, -0.1) is 0 Å². The molecule has 26 heavy (non-hydrogen) atoms. The molecule has 1 amide bonds. The molecule has 0 aromatic heterocycles. The van der Waals surface area contributed by atoms with Crippen LogP contribution in [0.1, 0.15) is 12.5 Å². The molecule has 2 rings (SSSR count). The molecule has 0 heterocycles. The second-order valence-electron chi connectivity index (χ2n) is 5.10. The van der Waals surface area contributed by atoms with Crippen molar-refractivity contribution in [3.8, 4) is 17.6 Å². The van der Waals surface area contributed by atoms with Gasteiger partial charge in [-0.05, 0) is 70.9 Å². The van der Waals surface area contributed by atoms with Crippen LogP contribution >= 0.6 is 27.5 Å². The van der Waals surface area contributed by atoms with Gasteiger partial charge in [-0.2, -0.15) is 5.26 Å². The fourth-order valence-corrected chi connectivity index (χ4v) is 3.23. The number of ether oxygens (including phenoxy) is 2. The molecule has 7 heteroatoms. The largest absolute Gasteiger partial charge is 0.494 e. The Morgan fingerprint density at radius 3 is 2.58 bits per heavy atom. The zero-order chi connectivity index (χ0) is 19.1. The number of methoxy groups -OCH3 is 1. The van der Waals surface area contributed by atoms with E-state index in [0.717, 1.165) is 0 Å². The molecule has 0 spiro atoms. The average Bonchev–Trinajstić information content (AvgIpc) is 2.61. The molecule has 0 radical (unpaired) electrons. The lowest BCUT2D eigenvalue weighted by Crippen LogP contribution is -2.13. The predicted octanol–water partition coefficient (Wildman–Crippen LogP) is 5.06. The summed E-state index contributed by atoms with van der Waals surface area (Å²) in [5.41, 5.74) is 1.11. The fourth-order valence-electron chi connectivity index (χ4n) is 2.17. The second-order valence-corrected chi connectivity index (χ2v) is 6.36. The van der Waals surface area contributed by atoms with Crippen LogP contribution in [0.15, 0.2) is 46.4 Å². The Balaban J connectivity index is 2.20. The van der Waals surface area contributed by atoms with Gasteiger partial charge >= 0.3 is 0 Å². The molecular formula is C19H16BrClN2O3. The number of nitrogens with one attached hydrogen (secondary N) is 1. The molecule has 0 bridgehead atoms. The molecule has 1 N–H and O–H groups in total. The molecule has 134 valence electrons. The number of hydrogen-bond donors (Lipinski definition) is 1. The first-order valence-corrected chi connectivity index (χ1v) is 8.84. The monoisotopic (exact) mass is 434 g/mol. The maximum Gasteiger partial charge on any atom is 0.266 e. The lowest BCUT2D eigenvalue weighted by molar-refractivity contribution is -0.112. The fraction of sp³-hybridized carbons (Fsp3) is 0.158. The zero-order valence-electron chi connectivity index (χ0n) is 14.2. The Labute approximate surface area is 165 Å². The lowest BCUT2D eigenvalue weighted by Gasteiger charge is -2.08. The summed E-state index contributed by atoms with van der Waals surface area (Å²) < 4.78 is 11.1. The van der Waals surface area contributed by atoms with Crippen LogP contribution in [0.2, 0.25) is 5.02 Å². The number of nitrogens with zero attached hydrogens (tertiary/aromatic N) is 1. The number of rotatable bonds is 6. The van der Waals surface area contributed by atoms with Gasteiger partial charge in [-0.1, -0.05) is 11.6 Å². The van der Waals surface area contributed by atoms with E-state index in [1.807, 2.05) is 13.0 Å².